The smallest absolute Gasteiger partial charge is 0.337 e. The number of nitrogens with zero attached hydrogens (tertiary/aromatic N) is 2. The van der Waals surface area contributed by atoms with Crippen LogP contribution in [0.2, 0.25) is 5.02 Å². The fraction of sp³-hybridized carbons (Fsp3) is 0. The van der Waals surface area contributed by atoms with E-state index in [9.17, 15) is 9.59 Å². The Morgan fingerprint density at radius 2 is 1.78 bits per heavy atom. The number of hydrazone groups is 1. The van der Waals surface area contributed by atoms with E-state index >= 15 is 0 Å². The molecule has 0 aliphatic rings. The second kappa shape index (κ2) is 7.20. The van der Waals surface area contributed by atoms with Crippen LogP contribution in [0, 0.1) is 11.3 Å². The third-order valence-corrected chi connectivity index (χ3v) is 3.12. The van der Waals surface area contributed by atoms with Crippen molar-refractivity contribution in [2.24, 2.45) is 5.10 Å². The highest BCUT2D eigenvalue weighted by Gasteiger charge is 2.15. The third kappa shape index (κ3) is 3.93. The number of hydrogen-bond donors (Lipinski definition) is 2. The number of halogens is 1. The molecule has 0 saturated carbocycles. The minimum Gasteiger partial charge on any atom is -0.478 e. The van der Waals surface area contributed by atoms with Gasteiger partial charge in [-0.05, 0) is 36.4 Å². The molecule has 0 aliphatic carbocycles. The number of carboxylic acid groups (broad SMARTS) is 1. The number of para-hydroxylation sites is 1. The van der Waals surface area contributed by atoms with Gasteiger partial charge in [0.05, 0.1) is 11.3 Å². The van der Waals surface area contributed by atoms with Gasteiger partial charge in [0, 0.05) is 10.6 Å². The van der Waals surface area contributed by atoms with Crippen LogP contribution in [-0.4, -0.2) is 22.6 Å². The van der Waals surface area contributed by atoms with Crippen molar-refractivity contribution >= 4 is 34.8 Å². The van der Waals surface area contributed by atoms with E-state index in [1.54, 1.807) is 18.2 Å². The number of aromatic carboxylic acids is 1. The summed E-state index contributed by atoms with van der Waals surface area (Å²) in [7, 11) is 0. The zero-order chi connectivity index (χ0) is 16.8. The standard InChI is InChI=1S/C16H10ClN3O3/c17-11-7-5-10(6-8-11)15(21)14(9-18)20-19-13-4-2-1-3-12(13)16(22)23/h1-8,19H,(H,22,23). The van der Waals surface area contributed by atoms with E-state index in [0.717, 1.165) is 0 Å². The summed E-state index contributed by atoms with van der Waals surface area (Å²) in [6.45, 7) is 0. The molecule has 0 heterocycles. The summed E-state index contributed by atoms with van der Waals surface area (Å²) in [5, 5.41) is 22.3. The predicted molar refractivity (Wildman–Crippen MR) is 85.9 cm³/mol. The molecule has 0 radical (unpaired) electrons. The maximum Gasteiger partial charge on any atom is 0.337 e. The first-order valence-electron chi connectivity index (χ1n) is 6.39. The molecule has 0 fully saturated rings. The van der Waals surface area contributed by atoms with Gasteiger partial charge in [0.15, 0.2) is 0 Å². The van der Waals surface area contributed by atoms with E-state index in [0.29, 0.717) is 5.02 Å². The van der Waals surface area contributed by atoms with Crippen LogP contribution in [0.1, 0.15) is 20.7 Å². The highest BCUT2D eigenvalue weighted by Crippen LogP contribution is 2.15. The second-order valence-corrected chi connectivity index (χ2v) is 4.81. The van der Waals surface area contributed by atoms with Gasteiger partial charge in [-0.1, -0.05) is 23.7 Å². The molecule has 0 aliphatic heterocycles. The van der Waals surface area contributed by atoms with E-state index in [2.05, 4.69) is 10.5 Å². The fourth-order valence-electron chi connectivity index (χ4n) is 1.75. The molecule has 2 N–H and O–H groups in total. The van der Waals surface area contributed by atoms with E-state index in [1.807, 2.05) is 0 Å². The van der Waals surface area contributed by atoms with Crippen LogP contribution < -0.4 is 5.43 Å². The summed E-state index contributed by atoms with van der Waals surface area (Å²) in [6, 6.07) is 13.7. The lowest BCUT2D eigenvalue weighted by atomic mass is 10.1. The molecule has 6 nitrogen and oxygen atoms in total. The lowest BCUT2D eigenvalue weighted by Crippen LogP contribution is -2.14. The van der Waals surface area contributed by atoms with E-state index in [-0.39, 0.29) is 16.8 Å². The molecule has 114 valence electrons. The summed E-state index contributed by atoms with van der Waals surface area (Å²) >= 11 is 5.74. The molecular weight excluding hydrogens is 318 g/mol. The van der Waals surface area contributed by atoms with E-state index in [4.69, 9.17) is 22.0 Å². The quantitative estimate of drug-likeness (QED) is 0.498. The predicted octanol–water partition coefficient (Wildman–Crippen LogP) is 3.21. The Kier molecular flexibility index (Phi) is 5.07. The average molecular weight is 328 g/mol. The molecule has 2 aromatic rings. The number of carbonyl (C=O) groups excluding carboxylic acids is 1. The number of ketones is 1. The average Bonchev–Trinajstić information content (AvgIpc) is 2.56. The second-order valence-electron chi connectivity index (χ2n) is 4.37. The fourth-order valence-corrected chi connectivity index (χ4v) is 1.87. The van der Waals surface area contributed by atoms with Gasteiger partial charge in [-0.3, -0.25) is 10.2 Å². The van der Waals surface area contributed by atoms with Crippen molar-refractivity contribution in [1.82, 2.24) is 0 Å². The van der Waals surface area contributed by atoms with Crippen LogP contribution in [0.4, 0.5) is 5.69 Å². The van der Waals surface area contributed by atoms with Gasteiger partial charge < -0.3 is 5.11 Å². The van der Waals surface area contributed by atoms with E-state index < -0.39 is 17.5 Å². The van der Waals surface area contributed by atoms with Gasteiger partial charge in [0.1, 0.15) is 6.07 Å². The number of benzene rings is 2. The maximum absolute atomic E-state index is 12.2. The Balaban J connectivity index is 2.26. The summed E-state index contributed by atoms with van der Waals surface area (Å²) in [5.74, 6) is -1.74. The molecule has 0 spiro atoms. The van der Waals surface area contributed by atoms with Gasteiger partial charge in [-0.15, -0.1) is 0 Å². The number of nitrogens with one attached hydrogen (secondary N) is 1. The van der Waals surface area contributed by atoms with Crippen molar-refractivity contribution < 1.29 is 14.7 Å². The number of carboxylic acids is 1. The normalized spacial score (nSPS) is 10.7. The number of rotatable bonds is 5. The first-order valence-corrected chi connectivity index (χ1v) is 6.77. The largest absolute Gasteiger partial charge is 0.478 e. The lowest BCUT2D eigenvalue weighted by molar-refractivity contribution is 0.0697. The number of hydrogen-bond acceptors (Lipinski definition) is 5. The van der Waals surface area contributed by atoms with Crippen molar-refractivity contribution in [1.29, 1.82) is 5.26 Å². The molecule has 2 aromatic carbocycles. The van der Waals surface area contributed by atoms with Crippen LogP contribution in [0.5, 0.6) is 0 Å². The number of nitriles is 1. The highest BCUT2D eigenvalue weighted by molar-refractivity contribution is 6.51. The summed E-state index contributed by atoms with van der Waals surface area (Å²) in [6.07, 6.45) is 0. The van der Waals surface area contributed by atoms with Gasteiger partial charge in [0.2, 0.25) is 11.5 Å². The van der Waals surface area contributed by atoms with Crippen LogP contribution in [0.3, 0.4) is 0 Å². The van der Waals surface area contributed by atoms with E-state index in [1.165, 1.54) is 36.4 Å². The molecule has 2 rings (SSSR count). The van der Waals surface area contributed by atoms with Gasteiger partial charge in [-0.2, -0.15) is 10.4 Å². The molecule has 0 unspecified atom stereocenters. The zero-order valence-corrected chi connectivity index (χ0v) is 12.4. The molecule has 0 aromatic heterocycles. The van der Waals surface area contributed by atoms with Gasteiger partial charge in [0.25, 0.3) is 0 Å². The molecule has 0 atom stereocenters. The number of carbonyl (C=O) groups is 2. The zero-order valence-electron chi connectivity index (χ0n) is 11.7. The number of Topliss-reactive ketones (excluding diaryl/α,β-unsaturated/α-hetero) is 1. The Morgan fingerprint density at radius 1 is 1.13 bits per heavy atom. The Bertz CT molecular complexity index is 823. The molecule has 0 amide bonds. The molecule has 0 bridgehead atoms. The minimum atomic E-state index is -1.15. The summed E-state index contributed by atoms with van der Waals surface area (Å²) < 4.78 is 0. The monoisotopic (exact) mass is 327 g/mol. The third-order valence-electron chi connectivity index (χ3n) is 2.87. The Morgan fingerprint density at radius 3 is 2.39 bits per heavy atom. The Labute approximate surface area is 136 Å². The van der Waals surface area contributed by atoms with Crippen LogP contribution >= 0.6 is 11.6 Å². The van der Waals surface area contributed by atoms with Crippen molar-refractivity contribution in [2.45, 2.75) is 0 Å². The summed E-state index contributed by atoms with van der Waals surface area (Å²) in [5.41, 5.74) is 2.46. The van der Waals surface area contributed by atoms with Gasteiger partial charge >= 0.3 is 5.97 Å². The van der Waals surface area contributed by atoms with Crippen LogP contribution in [0.15, 0.2) is 53.6 Å². The molecule has 0 saturated heterocycles. The Hall–Kier alpha value is -3.17. The first-order chi connectivity index (χ1) is 11.0. The minimum absolute atomic E-state index is 0.0209. The SMILES string of the molecule is N#CC(=NNc1ccccc1C(=O)O)C(=O)c1ccc(Cl)cc1. The molecule has 23 heavy (non-hydrogen) atoms. The van der Waals surface area contributed by atoms with Crippen molar-refractivity contribution in [3.63, 3.8) is 0 Å². The lowest BCUT2D eigenvalue weighted by Gasteiger charge is -2.05. The first kappa shape index (κ1) is 16.2. The van der Waals surface area contributed by atoms with Crippen LogP contribution in [-0.2, 0) is 0 Å². The maximum atomic E-state index is 12.2. The van der Waals surface area contributed by atoms with Crippen LogP contribution in [0.25, 0.3) is 0 Å². The highest BCUT2D eigenvalue weighted by atomic mass is 35.5. The summed E-state index contributed by atoms with van der Waals surface area (Å²) in [4.78, 5) is 23.3. The molecule has 7 heteroatoms. The topological polar surface area (TPSA) is 103 Å². The molecular formula is C16H10ClN3O3. The van der Waals surface area contributed by atoms with Crippen molar-refractivity contribution in [3.8, 4) is 6.07 Å². The van der Waals surface area contributed by atoms with Crippen molar-refractivity contribution in [3.05, 3.63) is 64.7 Å². The number of anilines is 1. The van der Waals surface area contributed by atoms with Crippen molar-refractivity contribution in [2.75, 3.05) is 5.43 Å². The van der Waals surface area contributed by atoms with Gasteiger partial charge in [-0.25, -0.2) is 4.79 Å².